The van der Waals surface area contributed by atoms with Crippen LogP contribution in [0.3, 0.4) is 0 Å². The molecule has 3 aromatic carbocycles. The molecule has 0 radical (unpaired) electrons. The summed E-state index contributed by atoms with van der Waals surface area (Å²) in [6.45, 7) is 16.8. The van der Waals surface area contributed by atoms with E-state index < -0.39 is 41.3 Å². The van der Waals surface area contributed by atoms with Crippen molar-refractivity contribution in [3.05, 3.63) is 116 Å². The average molecular weight is 1290 g/mol. The number of nitrogen functional groups attached to an aromatic ring is 1. The van der Waals surface area contributed by atoms with E-state index in [1.165, 1.54) is 17.0 Å². The number of nitrogens with zero attached hydrogens (tertiary/aromatic N) is 6. The minimum atomic E-state index is -0.864. The lowest BCUT2D eigenvalue weighted by Gasteiger charge is -2.44. The SMILES string of the molecule is Cc1ncsc1-c1ccc(CNC(=O)[C@@H]2C[C@@H](O)CN2C(=O)[C@@H](CC(=O)CCOCCOCCOCCOCCOCCC(=O)N2[C@H](C)CN(C(=O)c3ccc(NC(=O)c4cc(O[C@H](C)c5c(Cl)ccc(F)c5Cl)c(N)nn4)cc3)C[C@@H]2C)C(C)(C)C)cc1. The van der Waals surface area contributed by atoms with Crippen LogP contribution in [0.4, 0.5) is 15.9 Å². The second-order valence-electron chi connectivity index (χ2n) is 23.0. The quantitative estimate of drug-likeness (QED) is 0.0241. The van der Waals surface area contributed by atoms with Crippen LogP contribution >= 0.6 is 34.5 Å². The fourth-order valence-corrected chi connectivity index (χ4v) is 12.0. The molecule has 89 heavy (non-hydrogen) atoms. The Morgan fingerprint density at radius 1 is 0.809 bits per heavy atom. The molecular formula is C63H80Cl2FN9O13S. The van der Waals surface area contributed by atoms with Crippen molar-refractivity contribution in [1.82, 2.24) is 35.2 Å². The minimum absolute atomic E-state index is 0.00244. The average Bonchev–Trinajstić information content (AvgIpc) is 2.20. The van der Waals surface area contributed by atoms with Crippen LogP contribution < -0.4 is 21.1 Å². The fourth-order valence-electron chi connectivity index (χ4n) is 10.5. The summed E-state index contributed by atoms with van der Waals surface area (Å²) in [5.74, 6) is -3.26. The van der Waals surface area contributed by atoms with Gasteiger partial charge in [-0.15, -0.1) is 21.5 Å². The number of aliphatic hydroxyl groups excluding tert-OH is 1. The summed E-state index contributed by atoms with van der Waals surface area (Å²) >= 11 is 14.0. The number of rotatable bonds is 31. The lowest BCUT2D eigenvalue weighted by Crippen LogP contribution is -2.59. The molecule has 2 aliphatic rings. The molecule has 6 atom stereocenters. The van der Waals surface area contributed by atoms with E-state index in [1.807, 2.05) is 71.3 Å². The number of nitrogens with two attached hydrogens (primary N) is 1. The molecule has 2 saturated heterocycles. The first kappa shape index (κ1) is 69.7. The summed E-state index contributed by atoms with van der Waals surface area (Å²) in [5.41, 5.74) is 10.9. The Labute approximate surface area is 532 Å². The normalized spacial score (nSPS) is 17.5. The molecule has 22 nitrogen and oxygen atoms in total. The first-order valence-corrected chi connectivity index (χ1v) is 31.2. The van der Waals surface area contributed by atoms with E-state index in [1.54, 1.807) is 52.3 Å². The van der Waals surface area contributed by atoms with Gasteiger partial charge in [-0.3, -0.25) is 28.8 Å². The molecular weight excluding hydrogens is 1210 g/mol. The molecule has 482 valence electrons. The molecule has 0 spiro atoms. The number of anilines is 2. The summed E-state index contributed by atoms with van der Waals surface area (Å²) in [6, 6.07) is 16.6. The molecule has 4 heterocycles. The number of aliphatic hydroxyl groups is 1. The number of hydrogen-bond acceptors (Lipinski definition) is 18. The number of piperazine rings is 1. The zero-order valence-corrected chi connectivity index (χ0v) is 53.6. The van der Waals surface area contributed by atoms with Gasteiger partial charge in [-0.25, -0.2) is 9.37 Å². The van der Waals surface area contributed by atoms with Crippen LogP contribution in [-0.4, -0.2) is 180 Å². The van der Waals surface area contributed by atoms with Gasteiger partial charge in [0, 0.05) is 91.3 Å². The first-order chi connectivity index (χ1) is 42.5. The maximum atomic E-state index is 14.2. The highest BCUT2D eigenvalue weighted by atomic mass is 35.5. The number of β-amino-alcohol motifs (C(OH)–C–C–N with tert-alkyl or cyclic N) is 1. The molecule has 0 aliphatic carbocycles. The number of hydrogen-bond donors (Lipinski definition) is 4. The summed E-state index contributed by atoms with van der Waals surface area (Å²) in [5, 5.41) is 23.9. The molecule has 0 unspecified atom stereocenters. The predicted molar refractivity (Wildman–Crippen MR) is 334 cm³/mol. The zero-order valence-electron chi connectivity index (χ0n) is 51.3. The lowest BCUT2D eigenvalue weighted by molar-refractivity contribution is -0.146. The van der Waals surface area contributed by atoms with E-state index >= 15 is 0 Å². The zero-order chi connectivity index (χ0) is 64.4. The predicted octanol–water partition coefficient (Wildman–Crippen LogP) is 8.15. The molecule has 5 amide bonds. The number of Topliss-reactive ketones (excluding diaryl/α,β-unsaturated/α-hetero) is 1. The van der Waals surface area contributed by atoms with Crippen LogP contribution in [0.25, 0.3) is 10.4 Å². The van der Waals surface area contributed by atoms with Gasteiger partial charge in [-0.2, -0.15) is 0 Å². The molecule has 7 rings (SSSR count). The highest BCUT2D eigenvalue weighted by molar-refractivity contribution is 7.13. The standard InChI is InChI=1S/C63H80Cl2FN9O13S/c1-38-34-73(61(81)44-12-14-45(15-13-44)70-59(79)51-32-53(58(67)72-71-51)88-41(4)55-49(64)16-17-50(66)56(55)65)35-39(2)75(38)54(78)19-21-84-23-25-86-27-29-87-28-26-85-24-22-83-20-18-46(76)30-48(63(5,6)7)62(82)74-36-47(77)31-52(74)60(80)68-33-42-8-10-43(11-9-42)57-40(3)69-37-89-57/h8-17,32,37-39,41,47-48,52,77H,18-31,33-36H2,1-7H3,(H2,67,72)(H,68,80)(H,70,79)/t38-,39+,41-,47-,48-,52+/m1/s1. The molecule has 5 aromatic rings. The number of carbonyl (C=O) groups excluding carboxylic acids is 6. The highest BCUT2D eigenvalue weighted by Crippen LogP contribution is 2.37. The van der Waals surface area contributed by atoms with Crippen LogP contribution in [0.5, 0.6) is 5.75 Å². The van der Waals surface area contributed by atoms with Crippen LogP contribution in [0.1, 0.15) is 111 Å². The van der Waals surface area contributed by atoms with Crippen LogP contribution in [-0.2, 0) is 49.4 Å². The Morgan fingerprint density at radius 2 is 1.40 bits per heavy atom. The summed E-state index contributed by atoms with van der Waals surface area (Å²) < 4.78 is 48.2. The molecule has 2 fully saturated rings. The Balaban J connectivity index is 0.692. The van der Waals surface area contributed by atoms with Crippen molar-refractivity contribution < 1.29 is 66.7 Å². The van der Waals surface area contributed by atoms with Crippen LogP contribution in [0, 0.1) is 24.1 Å². The second kappa shape index (κ2) is 33.4. The number of amides is 5. The first-order valence-electron chi connectivity index (χ1n) is 29.6. The Hall–Kier alpha value is -6.74. The van der Waals surface area contributed by atoms with Crippen LogP contribution in [0.15, 0.2) is 72.2 Å². The van der Waals surface area contributed by atoms with E-state index in [-0.39, 0.29) is 133 Å². The van der Waals surface area contributed by atoms with Gasteiger partial charge in [0.05, 0.1) is 99.7 Å². The van der Waals surface area contributed by atoms with Crippen molar-refractivity contribution in [1.29, 1.82) is 0 Å². The molecule has 0 bridgehead atoms. The topological polar surface area (TPSA) is 276 Å². The van der Waals surface area contributed by atoms with Gasteiger partial charge in [-0.1, -0.05) is 68.2 Å². The number of halogens is 3. The number of benzene rings is 3. The largest absolute Gasteiger partial charge is 0.482 e. The molecule has 5 N–H and O–H groups in total. The third kappa shape index (κ3) is 19.9. The molecule has 2 aliphatic heterocycles. The van der Waals surface area contributed by atoms with Crippen molar-refractivity contribution >= 4 is 81.4 Å². The maximum Gasteiger partial charge on any atom is 0.276 e. The fraction of sp³-hybridized carbons (Fsp3) is 0.508. The summed E-state index contributed by atoms with van der Waals surface area (Å²) in [7, 11) is 0. The van der Waals surface area contributed by atoms with Crippen LogP contribution in [0.2, 0.25) is 10.0 Å². The van der Waals surface area contributed by atoms with Crippen molar-refractivity contribution in [3.8, 4) is 16.2 Å². The summed E-state index contributed by atoms with van der Waals surface area (Å²) in [4.78, 5) is 91.1. The monoisotopic (exact) mass is 1290 g/mol. The smallest absolute Gasteiger partial charge is 0.276 e. The summed E-state index contributed by atoms with van der Waals surface area (Å²) in [6.07, 6.45) is -1.35. The molecule has 2 aromatic heterocycles. The van der Waals surface area contributed by atoms with Gasteiger partial charge in [0.1, 0.15) is 23.7 Å². The van der Waals surface area contributed by atoms with Gasteiger partial charge in [0.2, 0.25) is 17.7 Å². The van der Waals surface area contributed by atoms with Gasteiger partial charge in [-0.05, 0) is 80.6 Å². The van der Waals surface area contributed by atoms with Gasteiger partial charge >= 0.3 is 0 Å². The van der Waals surface area contributed by atoms with E-state index in [9.17, 15) is 38.3 Å². The van der Waals surface area contributed by atoms with Crippen molar-refractivity contribution in [2.45, 2.75) is 111 Å². The lowest BCUT2D eigenvalue weighted by atomic mass is 9.76. The van der Waals surface area contributed by atoms with E-state index in [2.05, 4.69) is 25.8 Å². The van der Waals surface area contributed by atoms with Gasteiger partial charge < -0.3 is 64.6 Å². The second-order valence-corrected chi connectivity index (χ2v) is 24.7. The Kier molecular flexibility index (Phi) is 26.1. The Bertz CT molecular complexity index is 3200. The molecule has 26 heteroatoms. The van der Waals surface area contributed by atoms with Crippen molar-refractivity contribution in [3.63, 3.8) is 0 Å². The highest BCUT2D eigenvalue weighted by Gasteiger charge is 2.44. The van der Waals surface area contributed by atoms with Gasteiger partial charge in [0.15, 0.2) is 17.3 Å². The number of likely N-dealkylation sites (tertiary alicyclic amines) is 1. The number of aryl methyl sites for hydroxylation is 1. The third-order valence-corrected chi connectivity index (χ3v) is 16.9. The van der Waals surface area contributed by atoms with Crippen molar-refractivity contribution in [2.24, 2.45) is 11.3 Å². The minimum Gasteiger partial charge on any atom is -0.482 e. The number of ketones is 1. The number of nitrogens with one attached hydrogen (secondary N) is 2. The number of aromatic nitrogens is 3. The molecule has 0 saturated carbocycles. The van der Waals surface area contributed by atoms with E-state index in [0.717, 1.165) is 27.8 Å². The van der Waals surface area contributed by atoms with E-state index in [0.29, 0.717) is 70.6 Å². The maximum absolute atomic E-state index is 14.2. The number of thiazole rings is 1. The Morgan fingerprint density at radius 3 is 1.99 bits per heavy atom. The van der Waals surface area contributed by atoms with Gasteiger partial charge in [0.25, 0.3) is 11.8 Å². The van der Waals surface area contributed by atoms with Crippen molar-refractivity contribution in [2.75, 3.05) is 96.8 Å². The number of ether oxygens (including phenoxy) is 6. The number of carbonyl (C=O) groups is 6. The third-order valence-electron chi connectivity index (χ3n) is 15.2. The van der Waals surface area contributed by atoms with E-state index in [4.69, 9.17) is 57.4 Å².